The predicted molar refractivity (Wildman–Crippen MR) is 62.4 cm³/mol. The van der Waals surface area contributed by atoms with E-state index in [0.29, 0.717) is 0 Å². The lowest BCUT2D eigenvalue weighted by molar-refractivity contribution is -0.209. The molecule has 2 bridgehead atoms. The van der Waals surface area contributed by atoms with Crippen LogP contribution >= 0.6 is 0 Å². The summed E-state index contributed by atoms with van der Waals surface area (Å²) in [6.45, 7) is 10.1. The van der Waals surface area contributed by atoms with E-state index in [4.69, 9.17) is 0 Å². The Bertz CT molecular complexity index is 331. The van der Waals surface area contributed by atoms with E-state index in [-0.39, 0.29) is 0 Å². The van der Waals surface area contributed by atoms with E-state index < -0.39 is 0 Å². The Morgan fingerprint density at radius 2 is 1.93 bits per heavy atom. The molecule has 0 heterocycles. The summed E-state index contributed by atoms with van der Waals surface area (Å²) in [6.07, 6.45) is 4.75. The summed E-state index contributed by atoms with van der Waals surface area (Å²) in [5.74, 6) is 6.54. The fourth-order valence-corrected chi connectivity index (χ4v) is 7.16. The molecule has 7 unspecified atom stereocenters. The molecular weight excluding hydrogens is 180 g/mol. The van der Waals surface area contributed by atoms with E-state index in [9.17, 15) is 0 Å². The van der Waals surface area contributed by atoms with Crippen LogP contribution in [0.25, 0.3) is 0 Å². The number of hydrogen-bond donors (Lipinski definition) is 0. The second kappa shape index (κ2) is 2.17. The average Bonchev–Trinajstić information content (AvgIpc) is 2.37. The highest BCUT2D eigenvalue weighted by atomic mass is 14.9. The molecule has 0 nitrogen and oxygen atoms in total. The molecule has 0 aliphatic heterocycles. The summed E-state index contributed by atoms with van der Waals surface area (Å²) < 4.78 is 0. The summed E-state index contributed by atoms with van der Waals surface area (Å²) in [6, 6.07) is 0. The Hall–Kier alpha value is 0. The molecule has 0 heteroatoms. The Balaban J connectivity index is 1.75. The third-order valence-electron chi connectivity index (χ3n) is 7.35. The smallest absolute Gasteiger partial charge is 0.0176 e. The average molecular weight is 204 g/mol. The Kier molecular flexibility index (Phi) is 1.31. The quantitative estimate of drug-likeness (QED) is 0.606. The number of fused-ring (bicyclic) bond motifs is 2. The SMILES string of the molecule is CC(C)C1CC2C3CC12C1(C)CC(C)C31. The van der Waals surface area contributed by atoms with Crippen LogP contribution in [0.5, 0.6) is 0 Å². The number of rotatable bonds is 1. The van der Waals surface area contributed by atoms with E-state index in [1.54, 1.807) is 19.3 Å². The van der Waals surface area contributed by atoms with Crippen molar-refractivity contribution >= 4 is 0 Å². The van der Waals surface area contributed by atoms with Gasteiger partial charge >= 0.3 is 0 Å². The van der Waals surface area contributed by atoms with Gasteiger partial charge in [0.05, 0.1) is 0 Å². The molecular formula is C15H24. The third-order valence-corrected chi connectivity index (χ3v) is 7.35. The zero-order valence-corrected chi connectivity index (χ0v) is 10.6. The molecule has 0 aromatic heterocycles. The van der Waals surface area contributed by atoms with Gasteiger partial charge in [0.2, 0.25) is 0 Å². The van der Waals surface area contributed by atoms with Crippen molar-refractivity contribution in [3.8, 4) is 0 Å². The van der Waals surface area contributed by atoms with Gasteiger partial charge in [0.25, 0.3) is 0 Å². The molecule has 0 saturated heterocycles. The molecule has 7 atom stereocenters. The molecule has 4 saturated carbocycles. The van der Waals surface area contributed by atoms with Gasteiger partial charge in [-0.25, -0.2) is 0 Å². The normalized spacial score (nSPS) is 69.0. The summed E-state index contributed by atoms with van der Waals surface area (Å²) in [5, 5.41) is 0. The molecule has 0 N–H and O–H groups in total. The molecule has 84 valence electrons. The third kappa shape index (κ3) is 0.620. The van der Waals surface area contributed by atoms with Crippen molar-refractivity contribution in [2.75, 3.05) is 0 Å². The van der Waals surface area contributed by atoms with E-state index in [0.717, 1.165) is 40.4 Å². The first kappa shape index (κ1) is 9.07. The standard InChI is InChI=1S/C15H24/c1-8(2)11-5-12-10-7-15(11,12)14(4)6-9(3)13(10)14/h8-13H,5-7H2,1-4H3. The van der Waals surface area contributed by atoms with Crippen LogP contribution in [0.15, 0.2) is 0 Å². The van der Waals surface area contributed by atoms with Crippen molar-refractivity contribution in [3.05, 3.63) is 0 Å². The van der Waals surface area contributed by atoms with E-state index in [2.05, 4.69) is 27.7 Å². The van der Waals surface area contributed by atoms with Crippen LogP contribution in [0.2, 0.25) is 0 Å². The maximum atomic E-state index is 2.65. The van der Waals surface area contributed by atoms with Gasteiger partial charge in [-0.3, -0.25) is 0 Å². The second-order valence-corrected chi connectivity index (χ2v) is 7.73. The van der Waals surface area contributed by atoms with E-state index in [1.807, 2.05) is 0 Å². The van der Waals surface area contributed by atoms with Gasteiger partial charge in [0.15, 0.2) is 0 Å². The van der Waals surface area contributed by atoms with Crippen LogP contribution in [-0.4, -0.2) is 0 Å². The Morgan fingerprint density at radius 3 is 2.47 bits per heavy atom. The van der Waals surface area contributed by atoms with Gasteiger partial charge in [-0.15, -0.1) is 0 Å². The van der Waals surface area contributed by atoms with Crippen LogP contribution in [0.4, 0.5) is 0 Å². The molecule has 4 aliphatic rings. The first-order chi connectivity index (χ1) is 7.02. The molecule has 0 radical (unpaired) electrons. The minimum atomic E-state index is 0.787. The van der Waals surface area contributed by atoms with Crippen molar-refractivity contribution in [1.29, 1.82) is 0 Å². The van der Waals surface area contributed by atoms with Crippen molar-refractivity contribution < 1.29 is 0 Å². The maximum absolute atomic E-state index is 2.65. The number of hydrogen-bond acceptors (Lipinski definition) is 0. The van der Waals surface area contributed by atoms with Gasteiger partial charge in [-0.05, 0) is 65.6 Å². The van der Waals surface area contributed by atoms with Crippen molar-refractivity contribution in [1.82, 2.24) is 0 Å². The largest absolute Gasteiger partial charge is 0.0625 e. The molecule has 0 amide bonds. The minimum Gasteiger partial charge on any atom is -0.0625 e. The lowest BCUT2D eigenvalue weighted by Gasteiger charge is -2.69. The van der Waals surface area contributed by atoms with Crippen molar-refractivity contribution in [3.63, 3.8) is 0 Å². The van der Waals surface area contributed by atoms with Gasteiger partial charge in [-0.1, -0.05) is 27.7 Å². The minimum absolute atomic E-state index is 0.787. The van der Waals surface area contributed by atoms with Crippen LogP contribution in [0, 0.1) is 46.3 Å². The maximum Gasteiger partial charge on any atom is -0.0176 e. The molecule has 0 spiro atoms. The van der Waals surface area contributed by atoms with Crippen LogP contribution < -0.4 is 0 Å². The van der Waals surface area contributed by atoms with Crippen LogP contribution in [-0.2, 0) is 0 Å². The highest BCUT2D eigenvalue weighted by Gasteiger charge is 2.84. The summed E-state index contributed by atoms with van der Waals surface area (Å²) >= 11 is 0. The predicted octanol–water partition coefficient (Wildman–Crippen LogP) is 3.96. The summed E-state index contributed by atoms with van der Waals surface area (Å²) in [4.78, 5) is 0. The molecule has 4 aliphatic carbocycles. The van der Waals surface area contributed by atoms with E-state index >= 15 is 0 Å². The molecule has 4 rings (SSSR count). The Labute approximate surface area is 93.8 Å². The van der Waals surface area contributed by atoms with Crippen molar-refractivity contribution in [2.24, 2.45) is 46.3 Å². The molecule has 15 heavy (non-hydrogen) atoms. The lowest BCUT2D eigenvalue weighted by atomic mass is 9.35. The highest BCUT2D eigenvalue weighted by Crippen LogP contribution is 2.90. The first-order valence-electron chi connectivity index (χ1n) is 7.02. The Morgan fingerprint density at radius 1 is 1.20 bits per heavy atom. The van der Waals surface area contributed by atoms with Gasteiger partial charge < -0.3 is 0 Å². The van der Waals surface area contributed by atoms with E-state index in [1.165, 1.54) is 5.92 Å². The van der Waals surface area contributed by atoms with Gasteiger partial charge in [-0.2, -0.15) is 0 Å². The fraction of sp³-hybridized carbons (Fsp3) is 1.00. The first-order valence-corrected chi connectivity index (χ1v) is 7.02. The highest BCUT2D eigenvalue weighted by molar-refractivity contribution is 5.32. The fourth-order valence-electron chi connectivity index (χ4n) is 7.16. The zero-order valence-electron chi connectivity index (χ0n) is 10.6. The summed E-state index contributed by atoms with van der Waals surface area (Å²) in [7, 11) is 0. The lowest BCUT2D eigenvalue weighted by Crippen LogP contribution is -2.63. The molecule has 0 aromatic rings. The second-order valence-electron chi connectivity index (χ2n) is 7.73. The summed E-state index contributed by atoms with van der Waals surface area (Å²) in [5.41, 5.74) is 1.64. The molecule has 0 aromatic carbocycles. The van der Waals surface area contributed by atoms with Crippen molar-refractivity contribution in [2.45, 2.75) is 47.0 Å². The van der Waals surface area contributed by atoms with Gasteiger partial charge in [0, 0.05) is 0 Å². The van der Waals surface area contributed by atoms with Crippen LogP contribution in [0.3, 0.4) is 0 Å². The van der Waals surface area contributed by atoms with Crippen LogP contribution in [0.1, 0.15) is 47.0 Å². The zero-order chi connectivity index (χ0) is 10.6. The molecule has 4 fully saturated rings. The monoisotopic (exact) mass is 204 g/mol. The topological polar surface area (TPSA) is 0 Å². The van der Waals surface area contributed by atoms with Gasteiger partial charge in [0.1, 0.15) is 0 Å².